The maximum absolute atomic E-state index is 9.15. The molecule has 1 aliphatic heterocycles. The van der Waals surface area contributed by atoms with E-state index in [4.69, 9.17) is 15.2 Å². The van der Waals surface area contributed by atoms with E-state index in [1.165, 1.54) is 28.5 Å². The van der Waals surface area contributed by atoms with Crippen LogP contribution >= 0.6 is 0 Å². The van der Waals surface area contributed by atoms with E-state index < -0.39 is 12.3 Å². The maximum Gasteiger partial charge on any atom is 2.00 e. The predicted molar refractivity (Wildman–Crippen MR) is 195 cm³/mol. The minimum Gasteiger partial charge on any atom is -0.497 e. The number of pyridine rings is 1. The van der Waals surface area contributed by atoms with Gasteiger partial charge < -0.3 is 14.3 Å². The Balaban J connectivity index is 0.00000384. The molecule has 1 unspecified atom stereocenters. The Labute approximate surface area is 311 Å². The first kappa shape index (κ1) is 26.3. The summed E-state index contributed by atoms with van der Waals surface area (Å²) in [4.78, 5) is 9.68. The van der Waals surface area contributed by atoms with Crippen molar-refractivity contribution in [1.29, 1.82) is 0 Å². The predicted octanol–water partition coefficient (Wildman–Crippen LogP) is 10.8. The van der Waals surface area contributed by atoms with Gasteiger partial charge in [-0.15, -0.1) is 41.5 Å². The van der Waals surface area contributed by atoms with Crippen LogP contribution in [0.15, 0.2) is 140 Å². The molecule has 10 rings (SSSR count). The summed E-state index contributed by atoms with van der Waals surface area (Å²) in [7, 11) is 0. The van der Waals surface area contributed by atoms with Crippen LogP contribution in [0.2, 0.25) is 0 Å². The average molecular weight is 827 g/mol. The Bertz CT molecular complexity index is 2800. The van der Waals surface area contributed by atoms with Crippen molar-refractivity contribution in [2.24, 2.45) is 0 Å². The number of ether oxygens (including phenoxy) is 1. The smallest absolute Gasteiger partial charge is 0.497 e. The molecule has 0 fully saturated rings. The number of hydrogen-bond donors (Lipinski definition) is 0. The van der Waals surface area contributed by atoms with E-state index in [0.29, 0.717) is 33.9 Å². The monoisotopic (exact) mass is 826 g/mol. The summed E-state index contributed by atoms with van der Waals surface area (Å²) in [5.74, 6) is 1.68. The fourth-order valence-electron chi connectivity index (χ4n) is 7.75. The molecule has 0 bridgehead atoms. The van der Waals surface area contributed by atoms with E-state index in [9.17, 15) is 0 Å². The molecule has 0 amide bonds. The third kappa shape index (κ3) is 4.41. The molecule has 5 heteroatoms. The van der Waals surface area contributed by atoms with E-state index in [2.05, 4.69) is 83.2 Å². The van der Waals surface area contributed by atoms with Crippen molar-refractivity contribution in [3.63, 3.8) is 0 Å². The number of imidazole rings is 1. The number of aromatic nitrogens is 3. The van der Waals surface area contributed by atoms with Gasteiger partial charge in [0.15, 0.2) is 0 Å². The van der Waals surface area contributed by atoms with E-state index in [0.717, 1.165) is 33.7 Å². The van der Waals surface area contributed by atoms with Gasteiger partial charge in [-0.05, 0) is 69.7 Å². The number of rotatable bonds is 4. The van der Waals surface area contributed by atoms with Gasteiger partial charge in [-0.2, -0.15) is 0 Å². The molecule has 8 aromatic rings. The van der Waals surface area contributed by atoms with Gasteiger partial charge in [-0.3, -0.25) is 4.98 Å². The van der Waals surface area contributed by atoms with Gasteiger partial charge in [0, 0.05) is 32.9 Å². The summed E-state index contributed by atoms with van der Waals surface area (Å²) >= 11 is 0. The molecule has 2 aromatic heterocycles. The molecule has 0 saturated heterocycles. The molecule has 6 aromatic carbocycles. The first-order valence-electron chi connectivity index (χ1n) is 18.3. The second-order valence-corrected chi connectivity index (χ2v) is 12.7. The molecule has 240 valence electrons. The van der Waals surface area contributed by atoms with Gasteiger partial charge in [0.1, 0.15) is 0 Å². The first-order valence-corrected chi connectivity index (χ1v) is 16.3. The average Bonchev–Trinajstić information content (AvgIpc) is 3.66. The van der Waals surface area contributed by atoms with E-state index in [1.807, 2.05) is 60.7 Å². The fourth-order valence-corrected chi connectivity index (χ4v) is 7.75. The van der Waals surface area contributed by atoms with Gasteiger partial charge >= 0.3 is 21.1 Å². The van der Waals surface area contributed by atoms with Crippen LogP contribution in [-0.4, -0.2) is 14.5 Å². The maximum atomic E-state index is 9.15. The molecular weight excluding hydrogens is 794 g/mol. The number of benzene rings is 6. The fraction of sp³-hybridized carbons (Fsp3) is 0.0667. The topological polar surface area (TPSA) is 39.9 Å². The Hall–Kier alpha value is -5.57. The van der Waals surface area contributed by atoms with Gasteiger partial charge in [0.05, 0.1) is 18.2 Å². The van der Waals surface area contributed by atoms with E-state index in [-0.39, 0.29) is 32.7 Å². The third-order valence-corrected chi connectivity index (χ3v) is 9.92. The molecule has 1 aliphatic carbocycles. The van der Waals surface area contributed by atoms with Crippen LogP contribution in [0.1, 0.15) is 34.7 Å². The zero-order valence-electron chi connectivity index (χ0n) is 30.8. The van der Waals surface area contributed by atoms with Crippen molar-refractivity contribution in [3.05, 3.63) is 174 Å². The molecule has 50 heavy (non-hydrogen) atoms. The van der Waals surface area contributed by atoms with Crippen LogP contribution < -0.4 is 4.74 Å². The van der Waals surface area contributed by atoms with Crippen LogP contribution in [0.25, 0.3) is 61.6 Å². The standard InChI is InChI=1S/C45H29N3O.Pt/c1-28-27-46-40(26-35(28)29-12-4-3-5-13-29)30-14-10-15-31(24-30)49-32-22-23-38-36(25-32)44-47-39-19-8-9-20-41(39)48(44)42-21-11-17-34-33-16-6-7-18-37(33)45(38,2)43(34)42;/h3-23,26-27H,1-2H3;/q-2;+2/i1D3,26D;. The summed E-state index contributed by atoms with van der Waals surface area (Å²) in [5.41, 5.74) is 11.2. The van der Waals surface area contributed by atoms with Crippen LogP contribution in [0, 0.1) is 19.0 Å². The molecule has 3 heterocycles. The Morgan fingerprint density at radius 1 is 0.740 bits per heavy atom. The Morgan fingerprint density at radius 2 is 1.52 bits per heavy atom. The van der Waals surface area contributed by atoms with Crippen molar-refractivity contribution in [2.45, 2.75) is 19.2 Å². The van der Waals surface area contributed by atoms with Gasteiger partial charge in [0.25, 0.3) is 0 Å². The second-order valence-electron chi connectivity index (χ2n) is 12.7. The van der Waals surface area contributed by atoms with Crippen LogP contribution in [-0.2, 0) is 26.5 Å². The molecule has 0 saturated carbocycles. The van der Waals surface area contributed by atoms with Crippen molar-refractivity contribution in [2.75, 3.05) is 0 Å². The molecule has 0 N–H and O–H groups in total. The summed E-state index contributed by atoms with van der Waals surface area (Å²) < 4.78 is 42.3. The normalized spacial score (nSPS) is 16.3. The quantitative estimate of drug-likeness (QED) is 0.166. The Morgan fingerprint density at radius 3 is 2.42 bits per heavy atom. The van der Waals surface area contributed by atoms with Gasteiger partial charge in [-0.1, -0.05) is 110 Å². The van der Waals surface area contributed by atoms with E-state index >= 15 is 0 Å². The largest absolute Gasteiger partial charge is 2.00 e. The van der Waals surface area contributed by atoms with Gasteiger partial charge in [-0.25, -0.2) is 0 Å². The number of nitrogens with zero attached hydrogens (tertiary/aromatic N) is 3. The second kappa shape index (κ2) is 11.5. The van der Waals surface area contributed by atoms with Crippen LogP contribution in [0.3, 0.4) is 0 Å². The van der Waals surface area contributed by atoms with Crippen molar-refractivity contribution < 1.29 is 31.3 Å². The minimum atomic E-state index is -2.44. The van der Waals surface area contributed by atoms with Gasteiger partial charge in [0.2, 0.25) is 0 Å². The molecule has 0 radical (unpaired) electrons. The number of hydrogen-bond acceptors (Lipinski definition) is 3. The number of aryl methyl sites for hydroxylation is 1. The molecule has 1 atom stereocenters. The summed E-state index contributed by atoms with van der Waals surface area (Å²) in [6.07, 6.45) is 1.35. The summed E-state index contributed by atoms with van der Waals surface area (Å²) in [5, 5.41) is 0. The summed E-state index contributed by atoms with van der Waals surface area (Å²) in [6, 6.07) is 48.9. The summed E-state index contributed by atoms with van der Waals surface area (Å²) in [6.45, 7) is -0.142. The molecular formula is C45H29N3OPt. The zero-order chi connectivity index (χ0) is 36.1. The number of para-hydroxylation sites is 2. The van der Waals surface area contributed by atoms with Crippen molar-refractivity contribution in [3.8, 4) is 62.1 Å². The number of fused-ring (bicyclic) bond motifs is 10. The van der Waals surface area contributed by atoms with Crippen molar-refractivity contribution in [1.82, 2.24) is 14.5 Å². The zero-order valence-corrected chi connectivity index (χ0v) is 29.0. The third-order valence-electron chi connectivity index (χ3n) is 9.92. The minimum absolute atomic E-state index is 0. The molecule has 0 spiro atoms. The van der Waals surface area contributed by atoms with Crippen molar-refractivity contribution >= 4 is 11.0 Å². The van der Waals surface area contributed by atoms with E-state index in [1.54, 1.807) is 12.1 Å². The molecule has 4 nitrogen and oxygen atoms in total. The SMILES string of the molecule is [2H]c1c(-c2[c-]c(Oc3[c-]c4c(cc3)C3(C)c5ccccc5-c5cccc(c53)-n3c-4nc4ccccc43)ccc2)ncc(C([2H])([2H])[2H])c1-c1ccccc1.[Pt+2]. The molecule has 2 aliphatic rings. The van der Waals surface area contributed by atoms with Crippen LogP contribution in [0.4, 0.5) is 0 Å². The van der Waals surface area contributed by atoms with Crippen LogP contribution in [0.5, 0.6) is 11.5 Å². The Kier molecular flexibility index (Phi) is 6.06. The first-order chi connectivity index (χ1) is 25.7.